The van der Waals surface area contributed by atoms with Crippen LogP contribution in [0.2, 0.25) is 0 Å². The van der Waals surface area contributed by atoms with E-state index in [2.05, 4.69) is 9.71 Å². The van der Waals surface area contributed by atoms with E-state index < -0.39 is 10.0 Å². The number of nitrogens with zero attached hydrogens (tertiary/aromatic N) is 2. The van der Waals surface area contributed by atoms with E-state index in [1.165, 1.54) is 18.3 Å². The molecule has 5 nitrogen and oxygen atoms in total. The van der Waals surface area contributed by atoms with E-state index in [4.69, 9.17) is 5.26 Å². The molecule has 1 N–H and O–H groups in total. The highest BCUT2D eigenvalue weighted by Gasteiger charge is 2.18. The zero-order valence-electron chi connectivity index (χ0n) is 10.2. The summed E-state index contributed by atoms with van der Waals surface area (Å²) in [7, 11) is -3.79. The Labute approximate surface area is 111 Å². The molecule has 1 aromatic heterocycles. The molecular formula is C13H11N3O2S. The quantitative estimate of drug-likeness (QED) is 0.927. The number of nitrogens with one attached hydrogen (secondary N) is 1. The van der Waals surface area contributed by atoms with Crippen LogP contribution in [0.4, 0.5) is 5.69 Å². The minimum absolute atomic E-state index is 0.0410. The topological polar surface area (TPSA) is 82.8 Å². The Bertz CT molecular complexity index is 748. The minimum Gasteiger partial charge on any atom is -0.278 e. The van der Waals surface area contributed by atoms with Crippen molar-refractivity contribution >= 4 is 15.7 Å². The molecule has 1 aromatic carbocycles. The molecule has 0 bridgehead atoms. The summed E-state index contributed by atoms with van der Waals surface area (Å²) in [5.41, 5.74) is 1.26. The number of pyridine rings is 1. The number of sulfonamides is 1. The number of hydrogen-bond acceptors (Lipinski definition) is 4. The second-order valence-electron chi connectivity index (χ2n) is 3.90. The van der Waals surface area contributed by atoms with Gasteiger partial charge in [-0.05, 0) is 30.7 Å². The van der Waals surface area contributed by atoms with E-state index in [-0.39, 0.29) is 10.5 Å². The lowest BCUT2D eigenvalue weighted by Gasteiger charge is -2.10. The van der Waals surface area contributed by atoms with E-state index in [9.17, 15) is 8.42 Å². The van der Waals surface area contributed by atoms with Crippen molar-refractivity contribution in [2.24, 2.45) is 0 Å². The zero-order chi connectivity index (χ0) is 13.9. The van der Waals surface area contributed by atoms with E-state index in [1.807, 2.05) is 6.07 Å². The van der Waals surface area contributed by atoms with E-state index >= 15 is 0 Å². The first-order valence-electron chi connectivity index (χ1n) is 5.47. The third kappa shape index (κ3) is 2.72. The largest absolute Gasteiger partial charge is 0.278 e. The molecule has 0 aliphatic heterocycles. The van der Waals surface area contributed by atoms with Crippen molar-refractivity contribution in [2.75, 3.05) is 4.72 Å². The molecule has 19 heavy (non-hydrogen) atoms. The third-order valence-electron chi connectivity index (χ3n) is 2.58. The van der Waals surface area contributed by atoms with Crippen molar-refractivity contribution in [3.05, 3.63) is 53.9 Å². The van der Waals surface area contributed by atoms with Gasteiger partial charge in [-0.3, -0.25) is 9.71 Å². The second kappa shape index (κ2) is 5.08. The van der Waals surface area contributed by atoms with Gasteiger partial charge in [-0.15, -0.1) is 0 Å². The van der Waals surface area contributed by atoms with Crippen molar-refractivity contribution in [3.8, 4) is 6.07 Å². The average molecular weight is 273 g/mol. The molecule has 2 aromatic rings. The molecule has 6 heteroatoms. The van der Waals surface area contributed by atoms with Crippen LogP contribution in [-0.4, -0.2) is 13.4 Å². The first-order valence-corrected chi connectivity index (χ1v) is 6.95. The summed E-state index contributed by atoms with van der Waals surface area (Å²) < 4.78 is 26.9. The van der Waals surface area contributed by atoms with Crippen molar-refractivity contribution in [3.63, 3.8) is 0 Å². The monoisotopic (exact) mass is 273 g/mol. The Morgan fingerprint density at radius 2 is 2.00 bits per heavy atom. The molecule has 2 rings (SSSR count). The van der Waals surface area contributed by atoms with Crippen LogP contribution >= 0.6 is 0 Å². The molecule has 0 aliphatic carbocycles. The summed E-state index contributed by atoms with van der Waals surface area (Å²) in [6.07, 6.45) is 3.01. The molecule has 0 saturated heterocycles. The third-order valence-corrected chi connectivity index (χ3v) is 4.00. The van der Waals surface area contributed by atoms with Crippen LogP contribution in [-0.2, 0) is 10.0 Å². The summed E-state index contributed by atoms with van der Waals surface area (Å²) in [6.45, 7) is 1.77. The van der Waals surface area contributed by atoms with Crippen molar-refractivity contribution in [1.29, 1.82) is 5.26 Å². The molecule has 0 fully saturated rings. The van der Waals surface area contributed by atoms with Crippen LogP contribution in [0, 0.1) is 18.3 Å². The van der Waals surface area contributed by atoms with Gasteiger partial charge in [-0.25, -0.2) is 8.42 Å². The zero-order valence-corrected chi connectivity index (χ0v) is 11.0. The minimum atomic E-state index is -3.79. The van der Waals surface area contributed by atoms with Gasteiger partial charge in [0.05, 0.1) is 17.4 Å². The Hall–Kier alpha value is -2.39. The van der Waals surface area contributed by atoms with Crippen LogP contribution < -0.4 is 4.72 Å². The maximum Gasteiger partial charge on any atom is 0.263 e. The molecule has 0 atom stereocenters. The van der Waals surface area contributed by atoms with Gasteiger partial charge in [0.15, 0.2) is 0 Å². The van der Waals surface area contributed by atoms with E-state index in [0.717, 1.165) is 5.56 Å². The van der Waals surface area contributed by atoms with Gasteiger partial charge in [-0.1, -0.05) is 12.1 Å². The standard InChI is InChI=1S/C13H11N3O2S/c1-10-6-7-15-9-12(10)16-19(17,18)13-5-3-2-4-11(13)8-14/h2-7,9,16H,1H3. The Kier molecular flexibility index (Phi) is 3.49. The number of anilines is 1. The summed E-state index contributed by atoms with van der Waals surface area (Å²) in [6, 6.07) is 9.62. The number of aromatic nitrogens is 1. The van der Waals surface area contributed by atoms with Gasteiger partial charge in [-0.2, -0.15) is 5.26 Å². The van der Waals surface area contributed by atoms with Gasteiger partial charge in [0.2, 0.25) is 0 Å². The average Bonchev–Trinajstić information content (AvgIpc) is 2.41. The predicted octanol–water partition coefficient (Wildman–Crippen LogP) is 2.06. The van der Waals surface area contributed by atoms with Crippen LogP contribution in [0.5, 0.6) is 0 Å². The lowest BCUT2D eigenvalue weighted by molar-refractivity contribution is 0.601. The number of hydrogen-bond donors (Lipinski definition) is 1. The highest BCUT2D eigenvalue weighted by atomic mass is 32.2. The highest BCUT2D eigenvalue weighted by Crippen LogP contribution is 2.20. The fraction of sp³-hybridized carbons (Fsp3) is 0.0769. The predicted molar refractivity (Wildman–Crippen MR) is 70.9 cm³/mol. The number of aryl methyl sites for hydroxylation is 1. The van der Waals surface area contributed by atoms with Gasteiger partial charge in [0.25, 0.3) is 10.0 Å². The van der Waals surface area contributed by atoms with E-state index in [0.29, 0.717) is 5.69 Å². The first-order chi connectivity index (χ1) is 9.04. The molecular weight excluding hydrogens is 262 g/mol. The lowest BCUT2D eigenvalue weighted by atomic mass is 10.2. The van der Waals surface area contributed by atoms with Crippen molar-refractivity contribution < 1.29 is 8.42 Å². The molecule has 0 amide bonds. The maximum atomic E-state index is 12.2. The molecule has 96 valence electrons. The highest BCUT2D eigenvalue weighted by molar-refractivity contribution is 7.92. The number of benzene rings is 1. The first kappa shape index (κ1) is 13.1. The molecule has 0 spiro atoms. The molecule has 0 unspecified atom stereocenters. The number of nitriles is 1. The van der Waals surface area contributed by atoms with Crippen LogP contribution in [0.15, 0.2) is 47.6 Å². The molecule has 0 radical (unpaired) electrons. The summed E-state index contributed by atoms with van der Waals surface area (Å²) in [4.78, 5) is 3.83. The summed E-state index contributed by atoms with van der Waals surface area (Å²) in [5, 5.41) is 8.95. The smallest absolute Gasteiger partial charge is 0.263 e. The fourth-order valence-electron chi connectivity index (χ4n) is 1.56. The molecule has 0 aliphatic rings. The normalized spacial score (nSPS) is 10.7. The van der Waals surface area contributed by atoms with Crippen LogP contribution in [0.25, 0.3) is 0 Å². The Morgan fingerprint density at radius 1 is 1.26 bits per heavy atom. The van der Waals surface area contributed by atoms with Crippen LogP contribution in [0.1, 0.15) is 11.1 Å². The Balaban J connectivity index is 2.45. The molecule has 0 saturated carbocycles. The fourth-order valence-corrected chi connectivity index (χ4v) is 2.84. The van der Waals surface area contributed by atoms with Gasteiger partial charge in [0, 0.05) is 6.20 Å². The van der Waals surface area contributed by atoms with Crippen molar-refractivity contribution in [1.82, 2.24) is 4.98 Å². The SMILES string of the molecule is Cc1ccncc1NS(=O)(=O)c1ccccc1C#N. The van der Waals surface area contributed by atoms with Gasteiger partial charge < -0.3 is 0 Å². The van der Waals surface area contributed by atoms with Crippen LogP contribution in [0.3, 0.4) is 0 Å². The maximum absolute atomic E-state index is 12.2. The van der Waals surface area contributed by atoms with Gasteiger partial charge >= 0.3 is 0 Å². The summed E-state index contributed by atoms with van der Waals surface area (Å²) in [5.74, 6) is 0. The lowest BCUT2D eigenvalue weighted by Crippen LogP contribution is -2.15. The summed E-state index contributed by atoms with van der Waals surface area (Å²) >= 11 is 0. The second-order valence-corrected chi connectivity index (χ2v) is 5.55. The van der Waals surface area contributed by atoms with E-state index in [1.54, 1.807) is 31.3 Å². The van der Waals surface area contributed by atoms with Crippen molar-refractivity contribution in [2.45, 2.75) is 11.8 Å². The molecule has 1 heterocycles. The number of rotatable bonds is 3. The van der Waals surface area contributed by atoms with Gasteiger partial charge in [0.1, 0.15) is 11.0 Å². The Morgan fingerprint density at radius 3 is 2.68 bits per heavy atom.